The van der Waals surface area contributed by atoms with Crippen molar-refractivity contribution in [2.24, 2.45) is 0 Å². The monoisotopic (exact) mass is 573 g/mol. The maximum absolute atomic E-state index is 14.1. The number of furan rings is 1. The number of hydrogen-bond acceptors (Lipinski definition) is 5. The second-order valence-corrected chi connectivity index (χ2v) is 10.2. The van der Waals surface area contributed by atoms with Gasteiger partial charge >= 0.3 is 6.03 Å². The van der Waals surface area contributed by atoms with Gasteiger partial charge in [0.05, 0.1) is 25.9 Å². The quantitative estimate of drug-likeness (QED) is 0.264. The van der Waals surface area contributed by atoms with Gasteiger partial charge in [0.15, 0.2) is 5.76 Å². The summed E-state index contributed by atoms with van der Waals surface area (Å²) in [5.74, 6) is 1.17. The van der Waals surface area contributed by atoms with E-state index in [0.717, 1.165) is 36.6 Å². The van der Waals surface area contributed by atoms with E-state index in [1.807, 2.05) is 65.1 Å². The van der Waals surface area contributed by atoms with Gasteiger partial charge < -0.3 is 33.7 Å². The summed E-state index contributed by atoms with van der Waals surface area (Å²) in [6.45, 7) is 5.92. The number of benzene rings is 2. The molecule has 1 aliphatic heterocycles. The van der Waals surface area contributed by atoms with E-state index in [9.17, 15) is 14.0 Å². The lowest BCUT2D eigenvalue weighted by atomic mass is 10.2. The fraction of sp³-hybridized carbons (Fsp3) is 0.312. The molecule has 10 heteroatoms. The van der Waals surface area contributed by atoms with Crippen LogP contribution in [0, 0.1) is 5.82 Å². The standard InChI is InChI=1S/C32H36FN5O4/c1-3-16-38(32(40)34-29-9-5-4-8-28(29)33)22-25-7-6-17-37(25)23-27-14-15-30(42-27)31(39)36-20-18-35(19-21-36)24-10-12-26(41-2)13-11-24/h4-15,17H,3,16,18-23H2,1-2H3,(H,34,40). The summed E-state index contributed by atoms with van der Waals surface area (Å²) in [6, 6.07) is 21.1. The van der Waals surface area contributed by atoms with Crippen molar-refractivity contribution in [1.29, 1.82) is 0 Å². The first-order chi connectivity index (χ1) is 20.4. The average Bonchev–Trinajstić information content (AvgIpc) is 3.67. The molecular formula is C32H36FN5O4. The van der Waals surface area contributed by atoms with Gasteiger partial charge in [-0.15, -0.1) is 0 Å². The highest BCUT2D eigenvalue weighted by atomic mass is 19.1. The van der Waals surface area contributed by atoms with Crippen molar-refractivity contribution in [2.75, 3.05) is 50.1 Å². The molecule has 3 heterocycles. The lowest BCUT2D eigenvalue weighted by molar-refractivity contribution is 0.0712. The van der Waals surface area contributed by atoms with Crippen LogP contribution in [0.15, 0.2) is 83.4 Å². The van der Waals surface area contributed by atoms with E-state index in [4.69, 9.17) is 9.15 Å². The second-order valence-electron chi connectivity index (χ2n) is 10.2. The number of methoxy groups -OCH3 is 1. The molecule has 2 aromatic carbocycles. The van der Waals surface area contributed by atoms with E-state index in [0.29, 0.717) is 44.2 Å². The largest absolute Gasteiger partial charge is 0.497 e. The predicted molar refractivity (Wildman–Crippen MR) is 159 cm³/mol. The van der Waals surface area contributed by atoms with Crippen LogP contribution in [0.5, 0.6) is 5.75 Å². The van der Waals surface area contributed by atoms with Gasteiger partial charge in [0, 0.05) is 50.3 Å². The molecule has 1 fully saturated rings. The van der Waals surface area contributed by atoms with Crippen molar-refractivity contribution in [1.82, 2.24) is 14.4 Å². The number of para-hydroxylation sites is 1. The molecule has 1 saturated heterocycles. The van der Waals surface area contributed by atoms with E-state index in [2.05, 4.69) is 10.2 Å². The third kappa shape index (κ3) is 6.76. The van der Waals surface area contributed by atoms with Crippen LogP contribution in [0.1, 0.15) is 35.4 Å². The number of piperazine rings is 1. The molecule has 9 nitrogen and oxygen atoms in total. The van der Waals surface area contributed by atoms with Crippen LogP contribution in [0.4, 0.5) is 20.6 Å². The first kappa shape index (κ1) is 28.8. The van der Waals surface area contributed by atoms with Crippen LogP contribution in [-0.2, 0) is 13.1 Å². The number of amides is 3. The number of hydrogen-bond donors (Lipinski definition) is 1. The average molecular weight is 574 g/mol. The third-order valence-corrected chi connectivity index (χ3v) is 7.38. The topological polar surface area (TPSA) is 83.2 Å². The second kappa shape index (κ2) is 13.3. The maximum Gasteiger partial charge on any atom is 0.322 e. The maximum atomic E-state index is 14.1. The number of nitrogens with one attached hydrogen (secondary N) is 1. The first-order valence-electron chi connectivity index (χ1n) is 14.2. The van der Waals surface area contributed by atoms with Gasteiger partial charge in [-0.05, 0) is 67.1 Å². The smallest absolute Gasteiger partial charge is 0.322 e. The number of urea groups is 1. The van der Waals surface area contributed by atoms with Gasteiger partial charge in [-0.25, -0.2) is 9.18 Å². The summed E-state index contributed by atoms with van der Waals surface area (Å²) in [5, 5.41) is 2.67. The van der Waals surface area contributed by atoms with Crippen LogP contribution < -0.4 is 15.0 Å². The minimum atomic E-state index is -0.479. The number of ether oxygens (including phenoxy) is 1. The minimum absolute atomic E-state index is 0.123. The Morgan fingerprint density at radius 1 is 0.976 bits per heavy atom. The van der Waals surface area contributed by atoms with E-state index in [1.165, 1.54) is 12.1 Å². The van der Waals surface area contributed by atoms with Gasteiger partial charge in [-0.3, -0.25) is 4.79 Å². The van der Waals surface area contributed by atoms with Crippen LogP contribution >= 0.6 is 0 Å². The van der Waals surface area contributed by atoms with Crippen LogP contribution in [0.3, 0.4) is 0 Å². The zero-order chi connectivity index (χ0) is 29.5. The van der Waals surface area contributed by atoms with E-state index < -0.39 is 5.82 Å². The molecule has 42 heavy (non-hydrogen) atoms. The van der Waals surface area contributed by atoms with Crippen molar-refractivity contribution < 1.29 is 23.1 Å². The molecule has 2 aromatic heterocycles. The third-order valence-electron chi connectivity index (χ3n) is 7.38. The Morgan fingerprint density at radius 2 is 1.74 bits per heavy atom. The van der Waals surface area contributed by atoms with Crippen molar-refractivity contribution in [3.05, 3.63) is 102 Å². The first-order valence-corrected chi connectivity index (χ1v) is 14.2. The summed E-state index contributed by atoms with van der Waals surface area (Å²) in [5.41, 5.74) is 2.15. The molecule has 0 radical (unpaired) electrons. The SMILES string of the molecule is CCCN(Cc1cccn1Cc1ccc(C(=O)N2CCN(c3ccc(OC)cc3)CC2)o1)C(=O)Nc1ccccc1F. The Balaban J connectivity index is 1.18. The molecular weight excluding hydrogens is 537 g/mol. The molecule has 0 unspecified atom stereocenters. The lowest BCUT2D eigenvalue weighted by Gasteiger charge is -2.35. The molecule has 0 bridgehead atoms. The molecule has 1 N–H and O–H groups in total. The molecule has 0 spiro atoms. The van der Waals surface area contributed by atoms with Crippen molar-refractivity contribution in [2.45, 2.75) is 26.4 Å². The number of halogens is 1. The van der Waals surface area contributed by atoms with E-state index in [-0.39, 0.29) is 17.6 Å². The van der Waals surface area contributed by atoms with Crippen LogP contribution in [-0.4, -0.2) is 66.1 Å². The number of nitrogens with zero attached hydrogens (tertiary/aromatic N) is 4. The van der Waals surface area contributed by atoms with Crippen molar-refractivity contribution in [3.8, 4) is 5.75 Å². The number of aromatic nitrogens is 1. The Kier molecular flexibility index (Phi) is 9.11. The van der Waals surface area contributed by atoms with Crippen LogP contribution in [0.25, 0.3) is 0 Å². The van der Waals surface area contributed by atoms with Gasteiger partial charge in [0.25, 0.3) is 5.91 Å². The summed E-state index contributed by atoms with van der Waals surface area (Å²) in [6.07, 6.45) is 2.67. The fourth-order valence-corrected chi connectivity index (χ4v) is 5.08. The Labute approximate surface area is 245 Å². The van der Waals surface area contributed by atoms with E-state index in [1.54, 1.807) is 30.2 Å². The zero-order valence-corrected chi connectivity index (χ0v) is 24.0. The molecule has 0 aliphatic carbocycles. The number of carbonyl (C=O) groups is 2. The van der Waals surface area contributed by atoms with Gasteiger partial charge in [-0.1, -0.05) is 19.1 Å². The molecule has 220 valence electrons. The number of rotatable bonds is 10. The zero-order valence-electron chi connectivity index (χ0n) is 24.0. The molecule has 5 rings (SSSR count). The highest BCUT2D eigenvalue weighted by Gasteiger charge is 2.25. The molecule has 4 aromatic rings. The lowest BCUT2D eigenvalue weighted by Crippen LogP contribution is -2.48. The summed E-state index contributed by atoms with van der Waals surface area (Å²) < 4.78 is 27.3. The predicted octanol–water partition coefficient (Wildman–Crippen LogP) is 5.68. The Morgan fingerprint density at radius 3 is 2.45 bits per heavy atom. The van der Waals surface area contributed by atoms with Crippen molar-refractivity contribution >= 4 is 23.3 Å². The van der Waals surface area contributed by atoms with Crippen molar-refractivity contribution in [3.63, 3.8) is 0 Å². The summed E-state index contributed by atoms with van der Waals surface area (Å²) >= 11 is 0. The normalized spacial score (nSPS) is 13.2. The summed E-state index contributed by atoms with van der Waals surface area (Å²) in [7, 11) is 1.65. The van der Waals surface area contributed by atoms with Gasteiger partial charge in [0.1, 0.15) is 17.3 Å². The summed E-state index contributed by atoms with van der Waals surface area (Å²) in [4.78, 5) is 31.9. The van der Waals surface area contributed by atoms with Gasteiger partial charge in [0.2, 0.25) is 0 Å². The van der Waals surface area contributed by atoms with Gasteiger partial charge in [-0.2, -0.15) is 0 Å². The van der Waals surface area contributed by atoms with E-state index >= 15 is 0 Å². The van der Waals surface area contributed by atoms with Crippen LogP contribution in [0.2, 0.25) is 0 Å². The highest BCUT2D eigenvalue weighted by molar-refractivity contribution is 5.91. The fourth-order valence-electron chi connectivity index (χ4n) is 5.08. The Hall–Kier alpha value is -4.73. The number of anilines is 2. The number of carbonyl (C=O) groups excluding carboxylic acids is 2. The molecule has 3 amide bonds. The Bertz CT molecular complexity index is 1490. The highest BCUT2D eigenvalue weighted by Crippen LogP contribution is 2.22. The molecule has 0 saturated carbocycles. The molecule has 0 atom stereocenters. The molecule has 1 aliphatic rings. The minimum Gasteiger partial charge on any atom is -0.497 e.